The first-order valence-corrected chi connectivity index (χ1v) is 8.95. The van der Waals surface area contributed by atoms with E-state index in [4.69, 9.17) is 11.5 Å². The third-order valence-electron chi connectivity index (χ3n) is 5.15. The summed E-state index contributed by atoms with van der Waals surface area (Å²) in [7, 11) is 0. The number of hydrogen-bond donors (Lipinski definition) is 3. The zero-order valence-electron chi connectivity index (χ0n) is 15.9. The average molecular weight is 390 g/mol. The number of carbonyl (C=O) groups is 1. The number of aromatic nitrogens is 2. The van der Waals surface area contributed by atoms with Crippen LogP contribution >= 0.6 is 0 Å². The number of fused-ring (bicyclic) bond motifs is 1. The van der Waals surface area contributed by atoms with E-state index >= 15 is 0 Å². The van der Waals surface area contributed by atoms with E-state index in [1.54, 1.807) is 41.8 Å². The number of hydrogen-bond acceptors (Lipinski definition) is 4. The van der Waals surface area contributed by atoms with Crippen molar-refractivity contribution in [2.24, 2.45) is 5.73 Å². The van der Waals surface area contributed by atoms with Gasteiger partial charge in [0.05, 0.1) is 28.0 Å². The summed E-state index contributed by atoms with van der Waals surface area (Å²) in [6.07, 6.45) is 1.48. The second-order valence-electron chi connectivity index (χ2n) is 6.91. The van der Waals surface area contributed by atoms with Crippen molar-refractivity contribution in [1.82, 2.24) is 9.55 Å². The van der Waals surface area contributed by atoms with Crippen molar-refractivity contribution in [3.8, 4) is 22.6 Å². The highest BCUT2D eigenvalue weighted by Crippen LogP contribution is 2.41. The highest BCUT2D eigenvalue weighted by atomic mass is 19.1. The molecule has 146 valence electrons. The van der Waals surface area contributed by atoms with E-state index < -0.39 is 11.7 Å². The molecule has 1 aromatic heterocycles. The number of halogens is 1. The van der Waals surface area contributed by atoms with Crippen LogP contribution in [-0.2, 0) is 0 Å². The minimum absolute atomic E-state index is 0.0937. The lowest BCUT2D eigenvalue weighted by Gasteiger charge is -2.17. The van der Waals surface area contributed by atoms with E-state index in [0.717, 1.165) is 5.56 Å². The average Bonchev–Trinajstić information content (AvgIpc) is 3.10. The highest BCUT2D eigenvalue weighted by molar-refractivity contribution is 6.10. The molecule has 0 aliphatic rings. The fourth-order valence-corrected chi connectivity index (χ4v) is 3.68. The number of benzene rings is 3. The summed E-state index contributed by atoms with van der Waals surface area (Å²) in [4.78, 5) is 16.6. The molecule has 0 saturated carbocycles. The number of nitrogen functional groups attached to an aromatic ring is 1. The van der Waals surface area contributed by atoms with E-state index in [-0.39, 0.29) is 22.7 Å². The van der Waals surface area contributed by atoms with Crippen molar-refractivity contribution in [3.05, 3.63) is 71.3 Å². The fraction of sp³-hybridized carbons (Fsp3) is 0.0909. The largest absolute Gasteiger partial charge is 0.508 e. The Morgan fingerprint density at radius 1 is 1.14 bits per heavy atom. The third kappa shape index (κ3) is 2.79. The van der Waals surface area contributed by atoms with E-state index in [2.05, 4.69) is 4.98 Å². The zero-order chi connectivity index (χ0) is 20.9. The van der Waals surface area contributed by atoms with Crippen molar-refractivity contribution in [2.75, 3.05) is 5.73 Å². The molecule has 0 atom stereocenters. The molecule has 3 aromatic carbocycles. The van der Waals surface area contributed by atoms with Crippen molar-refractivity contribution in [1.29, 1.82) is 0 Å². The van der Waals surface area contributed by atoms with Gasteiger partial charge in [-0.3, -0.25) is 9.36 Å². The van der Waals surface area contributed by atoms with E-state index in [0.29, 0.717) is 27.7 Å². The Morgan fingerprint density at radius 3 is 2.55 bits per heavy atom. The second-order valence-corrected chi connectivity index (χ2v) is 6.91. The van der Waals surface area contributed by atoms with Crippen LogP contribution in [-0.4, -0.2) is 20.6 Å². The van der Waals surface area contributed by atoms with Gasteiger partial charge in [0.2, 0.25) is 0 Å². The van der Waals surface area contributed by atoms with Gasteiger partial charge in [0.15, 0.2) is 0 Å². The van der Waals surface area contributed by atoms with Crippen molar-refractivity contribution < 1.29 is 14.3 Å². The van der Waals surface area contributed by atoms with Gasteiger partial charge in [0.25, 0.3) is 5.91 Å². The molecule has 29 heavy (non-hydrogen) atoms. The Balaban J connectivity index is 2.17. The van der Waals surface area contributed by atoms with Crippen LogP contribution in [0, 0.1) is 19.7 Å². The smallest absolute Gasteiger partial charge is 0.250 e. The molecule has 0 aliphatic heterocycles. The van der Waals surface area contributed by atoms with Crippen LogP contribution in [0.25, 0.3) is 27.8 Å². The van der Waals surface area contributed by atoms with Gasteiger partial charge in [-0.05, 0) is 54.8 Å². The van der Waals surface area contributed by atoms with Crippen molar-refractivity contribution >= 4 is 22.6 Å². The number of anilines is 1. The second kappa shape index (κ2) is 6.63. The minimum atomic E-state index is -0.706. The molecular weight excluding hydrogens is 371 g/mol. The summed E-state index contributed by atoms with van der Waals surface area (Å²) in [6, 6.07) is 11.1. The van der Waals surface area contributed by atoms with Gasteiger partial charge >= 0.3 is 0 Å². The molecule has 0 saturated heterocycles. The number of amides is 1. The van der Waals surface area contributed by atoms with Gasteiger partial charge in [0, 0.05) is 5.56 Å². The molecule has 0 unspecified atom stereocenters. The molecule has 6 nitrogen and oxygen atoms in total. The SMILES string of the molecule is Cc1ccc(O)c(C)c1-c1c(N)c(C(N)=O)cc2c1ncn2-c1ccccc1F. The molecular formula is C22H19FN4O2. The number of primary amides is 1. The van der Waals surface area contributed by atoms with Gasteiger partial charge in [-0.25, -0.2) is 9.37 Å². The normalized spacial score (nSPS) is 11.1. The van der Waals surface area contributed by atoms with Gasteiger partial charge in [-0.1, -0.05) is 18.2 Å². The maximum atomic E-state index is 14.4. The number of phenolic OH excluding ortho intramolecular Hbond substituents is 1. The highest BCUT2D eigenvalue weighted by Gasteiger charge is 2.23. The van der Waals surface area contributed by atoms with Crippen LogP contribution in [0.15, 0.2) is 48.8 Å². The van der Waals surface area contributed by atoms with Gasteiger partial charge < -0.3 is 16.6 Å². The Labute approximate surface area is 166 Å². The van der Waals surface area contributed by atoms with E-state index in [1.165, 1.54) is 18.5 Å². The lowest BCUT2D eigenvalue weighted by Crippen LogP contribution is -2.15. The molecule has 0 fully saturated rings. The molecule has 1 amide bonds. The van der Waals surface area contributed by atoms with Gasteiger partial charge in [-0.2, -0.15) is 0 Å². The Hall–Kier alpha value is -3.87. The summed E-state index contributed by atoms with van der Waals surface area (Å²) < 4.78 is 16.0. The number of nitrogens with zero attached hydrogens (tertiary/aromatic N) is 2. The summed E-state index contributed by atoms with van der Waals surface area (Å²) in [5.74, 6) is -1.05. The number of aryl methyl sites for hydroxylation is 1. The summed E-state index contributed by atoms with van der Waals surface area (Å²) in [5, 5.41) is 10.2. The first-order chi connectivity index (χ1) is 13.8. The lowest BCUT2D eigenvalue weighted by atomic mass is 9.91. The number of carbonyl (C=O) groups excluding carboxylic acids is 1. The molecule has 7 heteroatoms. The van der Waals surface area contributed by atoms with Crippen molar-refractivity contribution in [3.63, 3.8) is 0 Å². The lowest BCUT2D eigenvalue weighted by molar-refractivity contribution is 0.100. The minimum Gasteiger partial charge on any atom is -0.508 e. The Bertz CT molecular complexity index is 1290. The number of nitrogens with two attached hydrogens (primary N) is 2. The van der Waals surface area contributed by atoms with E-state index in [9.17, 15) is 14.3 Å². The number of imidazole rings is 1. The topological polar surface area (TPSA) is 107 Å². The molecule has 4 rings (SSSR count). The number of para-hydroxylation sites is 1. The first-order valence-electron chi connectivity index (χ1n) is 8.95. The molecule has 0 bridgehead atoms. The summed E-state index contributed by atoms with van der Waals surface area (Å²) in [6.45, 7) is 3.63. The van der Waals surface area contributed by atoms with E-state index in [1.807, 2.05) is 6.92 Å². The van der Waals surface area contributed by atoms with Gasteiger partial charge in [0.1, 0.15) is 17.9 Å². The van der Waals surface area contributed by atoms with Crippen molar-refractivity contribution in [2.45, 2.75) is 13.8 Å². The molecule has 0 spiro atoms. The number of aromatic hydroxyl groups is 1. The predicted octanol–water partition coefficient (Wildman–Crippen LogP) is 3.84. The predicted molar refractivity (Wildman–Crippen MR) is 111 cm³/mol. The molecule has 1 heterocycles. The van der Waals surface area contributed by atoms with Gasteiger partial charge in [-0.15, -0.1) is 0 Å². The number of phenols is 1. The first kappa shape index (κ1) is 18.5. The molecule has 4 aromatic rings. The standard InChI is InChI=1S/C22H19FN4O2/c1-11-7-8-17(28)12(2)18(11)19-20(24)13(22(25)29)9-16-21(19)26-10-27(16)15-6-4-3-5-14(15)23/h3-10,28H,24H2,1-2H3,(H2,25,29). The maximum absolute atomic E-state index is 14.4. The van der Waals surface area contributed by atoms with Crippen LogP contribution in [0.1, 0.15) is 21.5 Å². The molecule has 5 N–H and O–H groups in total. The fourth-order valence-electron chi connectivity index (χ4n) is 3.68. The van der Waals surface area contributed by atoms with Crippen LogP contribution < -0.4 is 11.5 Å². The van der Waals surface area contributed by atoms with Crippen LogP contribution in [0.2, 0.25) is 0 Å². The third-order valence-corrected chi connectivity index (χ3v) is 5.15. The maximum Gasteiger partial charge on any atom is 0.250 e. The molecule has 0 aliphatic carbocycles. The van der Waals surface area contributed by atoms with Crippen LogP contribution in [0.4, 0.5) is 10.1 Å². The van der Waals surface area contributed by atoms with Crippen LogP contribution in [0.5, 0.6) is 5.75 Å². The Morgan fingerprint density at radius 2 is 1.86 bits per heavy atom. The zero-order valence-corrected chi connectivity index (χ0v) is 15.9. The quantitative estimate of drug-likeness (QED) is 0.462. The Kier molecular flexibility index (Phi) is 4.23. The molecule has 0 radical (unpaired) electrons. The summed E-state index contributed by atoms with van der Waals surface area (Å²) in [5.41, 5.74) is 16.0. The monoisotopic (exact) mass is 390 g/mol. The summed E-state index contributed by atoms with van der Waals surface area (Å²) >= 11 is 0. The van der Waals surface area contributed by atoms with Crippen LogP contribution in [0.3, 0.4) is 0 Å². The number of rotatable bonds is 3.